The summed E-state index contributed by atoms with van der Waals surface area (Å²) in [5.74, 6) is -0.497. The Morgan fingerprint density at radius 3 is 2.42 bits per heavy atom. The number of carbonyl (C=O) groups is 1. The Labute approximate surface area is 146 Å². The van der Waals surface area contributed by atoms with Crippen LogP contribution in [0.2, 0.25) is 0 Å². The number of nitrogens with one attached hydrogen (secondary N) is 1. The second-order valence-electron chi connectivity index (χ2n) is 6.75. The van der Waals surface area contributed by atoms with E-state index < -0.39 is 28.9 Å². The molecule has 2 unspecified atom stereocenters. The zero-order valence-corrected chi connectivity index (χ0v) is 14.2. The van der Waals surface area contributed by atoms with Gasteiger partial charge in [-0.25, -0.2) is 9.78 Å². The highest BCUT2D eigenvalue weighted by molar-refractivity contribution is 5.95. The number of aromatic amines is 1. The van der Waals surface area contributed by atoms with Crippen LogP contribution in [0.25, 0.3) is 5.82 Å². The van der Waals surface area contributed by atoms with Crippen LogP contribution in [0.5, 0.6) is 0 Å². The molecule has 7 nitrogen and oxygen atoms in total. The van der Waals surface area contributed by atoms with Crippen LogP contribution in [-0.2, 0) is 6.18 Å². The maximum absolute atomic E-state index is 13.7. The maximum Gasteiger partial charge on any atom is 0.434 e. The molecule has 2 aromatic heterocycles. The van der Waals surface area contributed by atoms with Crippen molar-refractivity contribution in [2.75, 3.05) is 13.1 Å². The summed E-state index contributed by atoms with van der Waals surface area (Å²) in [5.41, 5.74) is -2.28. The summed E-state index contributed by atoms with van der Waals surface area (Å²) in [7, 11) is 0. The molecule has 0 spiro atoms. The first kappa shape index (κ1) is 18.2. The van der Waals surface area contributed by atoms with E-state index in [0.717, 1.165) is 24.8 Å². The summed E-state index contributed by atoms with van der Waals surface area (Å²) in [4.78, 5) is 25.3. The highest BCUT2D eigenvalue weighted by Crippen LogP contribution is 2.34. The Morgan fingerprint density at radius 1 is 1.23 bits per heavy atom. The normalized spacial score (nSPS) is 21.0. The molecule has 26 heavy (non-hydrogen) atoms. The first-order valence-corrected chi connectivity index (χ1v) is 8.17. The van der Waals surface area contributed by atoms with E-state index in [9.17, 15) is 22.8 Å². The number of carbonyl (C=O) groups excluding carboxylic acids is 1. The predicted molar refractivity (Wildman–Crippen MR) is 85.8 cm³/mol. The number of piperidine rings is 1. The van der Waals surface area contributed by atoms with Crippen LogP contribution in [0.15, 0.2) is 23.1 Å². The molecule has 1 amide bonds. The molecule has 0 saturated carbocycles. The van der Waals surface area contributed by atoms with Crippen molar-refractivity contribution in [3.63, 3.8) is 0 Å². The fourth-order valence-corrected chi connectivity index (χ4v) is 3.41. The fourth-order valence-electron chi connectivity index (χ4n) is 3.41. The van der Waals surface area contributed by atoms with Crippen LogP contribution in [0, 0.1) is 11.8 Å². The van der Waals surface area contributed by atoms with E-state index in [4.69, 9.17) is 0 Å². The number of nitrogens with zero attached hydrogens (tertiary/aromatic N) is 4. The monoisotopic (exact) mass is 369 g/mol. The largest absolute Gasteiger partial charge is 0.434 e. The molecule has 2 aromatic rings. The quantitative estimate of drug-likeness (QED) is 0.879. The zero-order valence-electron chi connectivity index (χ0n) is 14.2. The first-order valence-electron chi connectivity index (χ1n) is 8.17. The summed E-state index contributed by atoms with van der Waals surface area (Å²) in [6.07, 6.45) is -2.98. The van der Waals surface area contributed by atoms with Gasteiger partial charge in [0.1, 0.15) is 0 Å². The van der Waals surface area contributed by atoms with Gasteiger partial charge in [-0.05, 0) is 24.3 Å². The summed E-state index contributed by atoms with van der Waals surface area (Å²) in [6.45, 7) is 4.74. The first-order chi connectivity index (χ1) is 12.2. The highest BCUT2D eigenvalue weighted by Gasteiger charge is 2.42. The van der Waals surface area contributed by atoms with E-state index in [1.54, 1.807) is 0 Å². The molecule has 3 rings (SSSR count). The number of hydrogen-bond acceptors (Lipinski definition) is 4. The molecule has 10 heteroatoms. The number of alkyl halides is 3. The van der Waals surface area contributed by atoms with Crippen molar-refractivity contribution < 1.29 is 18.0 Å². The van der Waals surface area contributed by atoms with Gasteiger partial charge in [0.05, 0.1) is 11.8 Å². The minimum atomic E-state index is -4.81. The van der Waals surface area contributed by atoms with Crippen LogP contribution < -0.4 is 5.56 Å². The lowest BCUT2D eigenvalue weighted by atomic mass is 9.91. The van der Waals surface area contributed by atoms with E-state index in [0.29, 0.717) is 17.8 Å². The lowest BCUT2D eigenvalue weighted by molar-refractivity contribution is -0.143. The van der Waals surface area contributed by atoms with Crippen molar-refractivity contribution in [2.24, 2.45) is 11.8 Å². The van der Waals surface area contributed by atoms with Gasteiger partial charge in [0.2, 0.25) is 0 Å². The van der Waals surface area contributed by atoms with Gasteiger partial charge in [0.25, 0.3) is 11.5 Å². The molecule has 2 atom stereocenters. The topological polar surface area (TPSA) is 83.9 Å². The minimum absolute atomic E-state index is 0.216. The number of aromatic nitrogens is 4. The molecule has 3 heterocycles. The number of amides is 1. The molecule has 1 saturated heterocycles. The van der Waals surface area contributed by atoms with Crippen molar-refractivity contribution in [1.29, 1.82) is 0 Å². The molecule has 0 radical (unpaired) electrons. The standard InChI is InChI=1S/C16H18F3N5O2/c1-9-5-10(2)8-23(7-9)15(26)11-6-20-24(14(11)16(17,18)19)12-3-4-13(25)22-21-12/h3-4,6,9-10H,5,7-8H2,1-2H3,(H,22,25). The van der Waals surface area contributed by atoms with Gasteiger partial charge in [-0.1, -0.05) is 13.8 Å². The highest BCUT2D eigenvalue weighted by atomic mass is 19.4. The molecule has 1 N–H and O–H groups in total. The van der Waals surface area contributed by atoms with Crippen LogP contribution in [0.4, 0.5) is 13.2 Å². The summed E-state index contributed by atoms with van der Waals surface area (Å²) in [5, 5.41) is 9.33. The average molecular weight is 369 g/mol. The van der Waals surface area contributed by atoms with Crippen molar-refractivity contribution in [2.45, 2.75) is 26.4 Å². The number of halogens is 3. The van der Waals surface area contributed by atoms with E-state index in [1.165, 1.54) is 4.90 Å². The van der Waals surface area contributed by atoms with Gasteiger partial charge < -0.3 is 4.90 Å². The Balaban J connectivity index is 2.03. The molecule has 0 bridgehead atoms. The van der Waals surface area contributed by atoms with Crippen molar-refractivity contribution in [3.8, 4) is 5.82 Å². The molecule has 1 aliphatic heterocycles. The molecular weight excluding hydrogens is 351 g/mol. The van der Waals surface area contributed by atoms with E-state index >= 15 is 0 Å². The van der Waals surface area contributed by atoms with Gasteiger partial charge in [0, 0.05) is 19.2 Å². The third-order valence-electron chi connectivity index (χ3n) is 4.31. The lowest BCUT2D eigenvalue weighted by Crippen LogP contribution is -2.43. The van der Waals surface area contributed by atoms with Crippen LogP contribution in [0.1, 0.15) is 36.3 Å². The van der Waals surface area contributed by atoms with Gasteiger partial charge in [-0.15, -0.1) is 0 Å². The summed E-state index contributed by atoms with van der Waals surface area (Å²) >= 11 is 0. The Hall–Kier alpha value is -2.65. The third-order valence-corrected chi connectivity index (χ3v) is 4.31. The minimum Gasteiger partial charge on any atom is -0.338 e. The molecule has 0 aliphatic carbocycles. The van der Waals surface area contributed by atoms with Gasteiger partial charge in [-0.2, -0.15) is 23.4 Å². The van der Waals surface area contributed by atoms with Crippen LogP contribution in [0.3, 0.4) is 0 Å². The molecular formula is C16H18F3N5O2. The Morgan fingerprint density at radius 2 is 1.88 bits per heavy atom. The second kappa shape index (κ2) is 6.58. The summed E-state index contributed by atoms with van der Waals surface area (Å²) in [6, 6.07) is 2.15. The SMILES string of the molecule is CC1CC(C)CN(C(=O)c2cnn(-c3ccc(=O)[nH]n3)c2C(F)(F)F)C1. The fraction of sp³-hybridized carbons (Fsp3) is 0.500. The van der Waals surface area contributed by atoms with Crippen molar-refractivity contribution in [3.05, 3.63) is 39.9 Å². The van der Waals surface area contributed by atoms with Crippen LogP contribution >= 0.6 is 0 Å². The zero-order chi connectivity index (χ0) is 19.1. The Kier molecular flexibility index (Phi) is 4.59. The number of hydrogen-bond donors (Lipinski definition) is 1. The maximum atomic E-state index is 13.7. The number of H-pyrrole nitrogens is 1. The summed E-state index contributed by atoms with van der Waals surface area (Å²) < 4.78 is 41.5. The van der Waals surface area contributed by atoms with E-state index in [1.807, 2.05) is 13.8 Å². The smallest absolute Gasteiger partial charge is 0.338 e. The van der Waals surface area contributed by atoms with Gasteiger partial charge >= 0.3 is 6.18 Å². The average Bonchev–Trinajstić information content (AvgIpc) is 2.99. The van der Waals surface area contributed by atoms with Gasteiger partial charge in [0.15, 0.2) is 11.5 Å². The van der Waals surface area contributed by atoms with E-state index in [-0.39, 0.29) is 17.7 Å². The van der Waals surface area contributed by atoms with Gasteiger partial charge in [-0.3, -0.25) is 9.59 Å². The second-order valence-corrected chi connectivity index (χ2v) is 6.75. The van der Waals surface area contributed by atoms with Crippen molar-refractivity contribution >= 4 is 5.91 Å². The number of likely N-dealkylation sites (tertiary alicyclic amines) is 1. The molecule has 0 aromatic carbocycles. The molecule has 1 fully saturated rings. The lowest BCUT2D eigenvalue weighted by Gasteiger charge is -2.35. The molecule has 140 valence electrons. The van der Waals surface area contributed by atoms with Crippen molar-refractivity contribution in [1.82, 2.24) is 24.9 Å². The molecule has 1 aliphatic rings. The van der Waals surface area contributed by atoms with Crippen LogP contribution in [-0.4, -0.2) is 43.9 Å². The third kappa shape index (κ3) is 3.49. The predicted octanol–water partition coefficient (Wildman–Crippen LogP) is 2.09. The van der Waals surface area contributed by atoms with E-state index in [2.05, 4.69) is 15.3 Å². The number of rotatable bonds is 2. The Bertz CT molecular complexity index is 843.